The van der Waals surface area contributed by atoms with Gasteiger partial charge in [0, 0.05) is 42.0 Å². The Labute approximate surface area is 217 Å². The zero-order valence-corrected chi connectivity index (χ0v) is 21.4. The number of furan rings is 1. The zero-order valence-electron chi connectivity index (χ0n) is 21.4. The standard InChI is InChI=1S/C34H30NO2/c1-24-21-31-30(29-18-12-17-28(33(29)37-31)25-13-6-4-7-14-25)22-26(24)23-34(36-3,27-15-8-5-9-16-27)32-19-10-11-20-35(32)2/h4-22H,23H2,1-3H3/q+1. The van der Waals surface area contributed by atoms with Crippen LogP contribution in [-0.4, -0.2) is 7.11 Å². The molecule has 0 amide bonds. The van der Waals surface area contributed by atoms with E-state index in [4.69, 9.17) is 9.15 Å². The molecule has 0 fully saturated rings. The first-order valence-electron chi connectivity index (χ1n) is 12.7. The quantitative estimate of drug-likeness (QED) is 0.229. The Bertz CT molecular complexity index is 1700. The van der Waals surface area contributed by atoms with Crippen molar-refractivity contribution in [2.45, 2.75) is 18.9 Å². The Hall–Kier alpha value is -4.21. The van der Waals surface area contributed by atoms with Gasteiger partial charge in [0.15, 0.2) is 11.8 Å². The number of nitrogens with zero attached hydrogens (tertiary/aromatic N) is 1. The monoisotopic (exact) mass is 484 g/mol. The van der Waals surface area contributed by atoms with Gasteiger partial charge in [0.1, 0.15) is 18.2 Å². The molecule has 0 N–H and O–H groups in total. The number of ether oxygens (including phenoxy) is 1. The molecule has 0 aliphatic carbocycles. The van der Waals surface area contributed by atoms with Gasteiger partial charge in [-0.1, -0.05) is 78.9 Å². The van der Waals surface area contributed by atoms with Crippen LogP contribution < -0.4 is 4.57 Å². The Morgan fingerprint density at radius 1 is 0.784 bits per heavy atom. The molecular formula is C34H30NO2+. The van der Waals surface area contributed by atoms with Crippen LogP contribution in [0.15, 0.2) is 120 Å². The van der Waals surface area contributed by atoms with E-state index in [0.29, 0.717) is 6.42 Å². The van der Waals surface area contributed by atoms with Crippen molar-refractivity contribution in [1.82, 2.24) is 0 Å². The highest BCUT2D eigenvalue weighted by molar-refractivity contribution is 6.09. The molecule has 0 aliphatic rings. The number of rotatable bonds is 6. The number of para-hydroxylation sites is 1. The molecule has 6 rings (SSSR count). The summed E-state index contributed by atoms with van der Waals surface area (Å²) >= 11 is 0. The lowest BCUT2D eigenvalue weighted by Gasteiger charge is -2.31. The van der Waals surface area contributed by atoms with Crippen molar-refractivity contribution in [2.24, 2.45) is 7.05 Å². The lowest BCUT2D eigenvalue weighted by molar-refractivity contribution is -0.685. The first-order chi connectivity index (χ1) is 18.1. The number of methoxy groups -OCH3 is 1. The third kappa shape index (κ3) is 3.92. The molecule has 3 heteroatoms. The van der Waals surface area contributed by atoms with E-state index >= 15 is 0 Å². The SMILES string of the molecule is COC(Cc1cc2c(cc1C)oc1c(-c3ccccc3)cccc12)(c1ccccc1)c1cccc[n+]1C. The smallest absolute Gasteiger partial charge is 0.218 e. The maximum Gasteiger partial charge on any atom is 0.218 e. The van der Waals surface area contributed by atoms with E-state index in [1.54, 1.807) is 0 Å². The van der Waals surface area contributed by atoms with Crippen molar-refractivity contribution in [3.05, 3.63) is 138 Å². The lowest BCUT2D eigenvalue weighted by atomic mass is 9.82. The normalized spacial score (nSPS) is 13.2. The third-order valence-corrected chi connectivity index (χ3v) is 7.54. The molecule has 0 spiro atoms. The molecule has 6 aromatic rings. The number of fused-ring (bicyclic) bond motifs is 3. The number of aromatic nitrogens is 1. The molecular weight excluding hydrogens is 454 g/mol. The van der Waals surface area contributed by atoms with E-state index in [1.807, 2.05) is 25.3 Å². The van der Waals surface area contributed by atoms with Gasteiger partial charge < -0.3 is 9.15 Å². The van der Waals surface area contributed by atoms with E-state index in [-0.39, 0.29) is 0 Å². The minimum absolute atomic E-state index is 0.648. The second-order valence-electron chi connectivity index (χ2n) is 9.70. The van der Waals surface area contributed by atoms with E-state index < -0.39 is 5.60 Å². The predicted octanol–water partition coefficient (Wildman–Crippen LogP) is 7.52. The number of pyridine rings is 1. The van der Waals surface area contributed by atoms with Crippen molar-refractivity contribution < 1.29 is 13.7 Å². The molecule has 37 heavy (non-hydrogen) atoms. The van der Waals surface area contributed by atoms with Gasteiger partial charge in [-0.05, 0) is 47.4 Å². The van der Waals surface area contributed by atoms with E-state index in [0.717, 1.165) is 44.3 Å². The molecule has 2 heterocycles. The largest absolute Gasteiger partial charge is 0.455 e. The van der Waals surface area contributed by atoms with Gasteiger partial charge in [-0.15, -0.1) is 0 Å². The summed E-state index contributed by atoms with van der Waals surface area (Å²) in [5.74, 6) is 0. The Morgan fingerprint density at radius 3 is 2.24 bits per heavy atom. The molecule has 182 valence electrons. The van der Waals surface area contributed by atoms with Crippen LogP contribution in [0.5, 0.6) is 0 Å². The first-order valence-corrected chi connectivity index (χ1v) is 12.7. The first kappa shape index (κ1) is 23.2. The minimum Gasteiger partial charge on any atom is -0.455 e. The topological polar surface area (TPSA) is 26.2 Å². The summed E-state index contributed by atoms with van der Waals surface area (Å²) in [6.07, 6.45) is 2.77. The summed E-state index contributed by atoms with van der Waals surface area (Å²) in [5, 5.41) is 2.26. The summed E-state index contributed by atoms with van der Waals surface area (Å²) in [6, 6.07) is 38.1. The maximum absolute atomic E-state index is 6.48. The highest BCUT2D eigenvalue weighted by Crippen LogP contribution is 2.40. The third-order valence-electron chi connectivity index (χ3n) is 7.54. The molecule has 0 saturated heterocycles. The fourth-order valence-corrected chi connectivity index (χ4v) is 5.58. The molecule has 1 unspecified atom stereocenters. The highest BCUT2D eigenvalue weighted by atomic mass is 16.5. The average Bonchev–Trinajstić information content (AvgIpc) is 3.30. The molecule has 0 aliphatic heterocycles. The van der Waals surface area contributed by atoms with Crippen LogP contribution in [0.2, 0.25) is 0 Å². The molecule has 2 aromatic heterocycles. The molecule has 0 bridgehead atoms. The van der Waals surface area contributed by atoms with Gasteiger partial charge in [0.05, 0.1) is 0 Å². The van der Waals surface area contributed by atoms with Crippen molar-refractivity contribution >= 4 is 21.9 Å². The number of hydrogen-bond acceptors (Lipinski definition) is 2. The van der Waals surface area contributed by atoms with Gasteiger partial charge >= 0.3 is 0 Å². The number of aryl methyl sites for hydroxylation is 2. The molecule has 0 radical (unpaired) electrons. The molecule has 1 atom stereocenters. The van der Waals surface area contributed by atoms with Gasteiger partial charge in [0.2, 0.25) is 5.69 Å². The highest BCUT2D eigenvalue weighted by Gasteiger charge is 2.41. The molecule has 4 aromatic carbocycles. The van der Waals surface area contributed by atoms with Gasteiger partial charge in [-0.3, -0.25) is 0 Å². The van der Waals surface area contributed by atoms with Crippen LogP contribution >= 0.6 is 0 Å². The second-order valence-corrected chi connectivity index (χ2v) is 9.70. The average molecular weight is 485 g/mol. The van der Waals surface area contributed by atoms with E-state index in [2.05, 4.69) is 116 Å². The van der Waals surface area contributed by atoms with Crippen LogP contribution in [0.1, 0.15) is 22.4 Å². The summed E-state index contributed by atoms with van der Waals surface area (Å²) in [7, 11) is 3.89. The van der Waals surface area contributed by atoms with Crippen molar-refractivity contribution in [1.29, 1.82) is 0 Å². The fraction of sp³-hybridized carbons (Fsp3) is 0.147. The molecule has 3 nitrogen and oxygen atoms in total. The van der Waals surface area contributed by atoms with Crippen molar-refractivity contribution in [3.63, 3.8) is 0 Å². The summed E-state index contributed by atoms with van der Waals surface area (Å²) < 4.78 is 15.1. The van der Waals surface area contributed by atoms with Crippen molar-refractivity contribution in [3.8, 4) is 11.1 Å². The van der Waals surface area contributed by atoms with Crippen LogP contribution in [0.4, 0.5) is 0 Å². The second kappa shape index (κ2) is 9.34. The summed E-state index contributed by atoms with van der Waals surface area (Å²) in [6.45, 7) is 2.16. The fourth-order valence-electron chi connectivity index (χ4n) is 5.58. The minimum atomic E-state index is -0.648. The number of hydrogen-bond donors (Lipinski definition) is 0. The summed E-state index contributed by atoms with van der Waals surface area (Å²) in [4.78, 5) is 0. The van der Waals surface area contributed by atoms with E-state index in [9.17, 15) is 0 Å². The summed E-state index contributed by atoms with van der Waals surface area (Å²) in [5.41, 5.74) is 8.10. The molecule has 0 saturated carbocycles. The van der Waals surface area contributed by atoms with Crippen molar-refractivity contribution in [2.75, 3.05) is 7.11 Å². The number of benzene rings is 4. The van der Waals surface area contributed by atoms with Crippen LogP contribution in [0.25, 0.3) is 33.1 Å². The lowest BCUT2D eigenvalue weighted by Crippen LogP contribution is -2.46. The Morgan fingerprint density at radius 2 is 1.51 bits per heavy atom. The zero-order chi connectivity index (χ0) is 25.4. The van der Waals surface area contributed by atoms with Gasteiger partial charge in [0.25, 0.3) is 0 Å². The predicted molar refractivity (Wildman–Crippen MR) is 149 cm³/mol. The Kier molecular flexibility index (Phi) is 5.86. The van der Waals surface area contributed by atoms with E-state index in [1.165, 1.54) is 11.1 Å². The van der Waals surface area contributed by atoms with Gasteiger partial charge in [-0.25, -0.2) is 4.57 Å². The van der Waals surface area contributed by atoms with Crippen LogP contribution in [-0.2, 0) is 23.8 Å². The Balaban J connectivity index is 1.55. The van der Waals surface area contributed by atoms with Gasteiger partial charge in [-0.2, -0.15) is 0 Å². The van der Waals surface area contributed by atoms with Crippen LogP contribution in [0, 0.1) is 6.92 Å². The van der Waals surface area contributed by atoms with Crippen LogP contribution in [0.3, 0.4) is 0 Å². The maximum atomic E-state index is 6.48.